The van der Waals surface area contributed by atoms with E-state index >= 15 is 0 Å². The van der Waals surface area contributed by atoms with Crippen molar-refractivity contribution >= 4 is 29.3 Å². The molecule has 1 aliphatic heterocycles. The number of carbonyl (C=O) groups excluding carboxylic acids is 1. The van der Waals surface area contributed by atoms with Crippen molar-refractivity contribution in [3.05, 3.63) is 29.3 Å². The third-order valence-corrected chi connectivity index (χ3v) is 4.58. The Bertz CT molecular complexity index is 424. The summed E-state index contributed by atoms with van der Waals surface area (Å²) >= 11 is 7.33. The number of carbonyl (C=O) groups is 1. The molecule has 0 aliphatic carbocycles. The maximum Gasteiger partial charge on any atom is 0.233 e. The molecule has 1 heterocycles. The number of aliphatic hydroxyl groups excluding tert-OH is 1. The van der Waals surface area contributed by atoms with Gasteiger partial charge in [0.1, 0.15) is 0 Å². The first-order valence-corrected chi connectivity index (χ1v) is 7.86. The number of hydrogen-bond donors (Lipinski definition) is 1. The zero-order valence-corrected chi connectivity index (χ0v) is 12.3. The van der Waals surface area contributed by atoms with E-state index in [2.05, 4.69) is 0 Å². The minimum atomic E-state index is 0.00654. The van der Waals surface area contributed by atoms with Crippen molar-refractivity contribution in [2.45, 2.75) is 30.2 Å². The summed E-state index contributed by atoms with van der Waals surface area (Å²) in [6.07, 6.45) is 3.04. The first kappa shape index (κ1) is 14.7. The molecule has 1 fully saturated rings. The van der Waals surface area contributed by atoms with Gasteiger partial charge in [-0.1, -0.05) is 11.6 Å². The molecule has 1 aromatic carbocycles. The summed E-state index contributed by atoms with van der Waals surface area (Å²) in [4.78, 5) is 15.0. The van der Waals surface area contributed by atoms with Crippen LogP contribution in [0.15, 0.2) is 29.2 Å². The Labute approximate surface area is 122 Å². The second kappa shape index (κ2) is 7.17. The average Bonchev–Trinajstić information content (AvgIpc) is 2.46. The van der Waals surface area contributed by atoms with Gasteiger partial charge in [0.05, 0.1) is 18.4 Å². The summed E-state index contributed by atoms with van der Waals surface area (Å²) in [5, 5.41) is 10.0. The highest BCUT2D eigenvalue weighted by Crippen LogP contribution is 2.23. The number of benzene rings is 1. The number of hydrogen-bond acceptors (Lipinski definition) is 3. The Kier molecular flexibility index (Phi) is 5.55. The summed E-state index contributed by atoms with van der Waals surface area (Å²) in [7, 11) is 0. The molecule has 5 heteroatoms. The zero-order chi connectivity index (χ0) is 13.7. The van der Waals surface area contributed by atoms with Crippen LogP contribution in [0.1, 0.15) is 19.3 Å². The van der Waals surface area contributed by atoms with E-state index < -0.39 is 0 Å². The van der Waals surface area contributed by atoms with Crippen LogP contribution in [0.2, 0.25) is 5.02 Å². The van der Waals surface area contributed by atoms with Crippen molar-refractivity contribution in [2.24, 2.45) is 0 Å². The van der Waals surface area contributed by atoms with Gasteiger partial charge in [-0.15, -0.1) is 11.8 Å². The molecule has 0 saturated carbocycles. The van der Waals surface area contributed by atoms with Crippen LogP contribution in [-0.2, 0) is 4.79 Å². The maximum absolute atomic E-state index is 12.2. The second-order valence-corrected chi connectivity index (χ2v) is 6.15. The largest absolute Gasteiger partial charge is 0.394 e. The van der Waals surface area contributed by atoms with E-state index in [9.17, 15) is 9.90 Å². The average molecular weight is 300 g/mol. The molecule has 1 atom stereocenters. The highest BCUT2D eigenvalue weighted by atomic mass is 35.5. The number of nitrogens with zero attached hydrogens (tertiary/aromatic N) is 1. The number of likely N-dealkylation sites (tertiary alicyclic amines) is 1. The van der Waals surface area contributed by atoms with Crippen LogP contribution in [0.25, 0.3) is 0 Å². The van der Waals surface area contributed by atoms with Gasteiger partial charge in [-0.3, -0.25) is 4.79 Å². The van der Waals surface area contributed by atoms with Gasteiger partial charge in [-0.25, -0.2) is 0 Å². The van der Waals surface area contributed by atoms with Crippen LogP contribution < -0.4 is 0 Å². The lowest BCUT2D eigenvalue weighted by molar-refractivity contribution is -0.132. The number of amides is 1. The minimum absolute atomic E-state index is 0.00654. The molecule has 0 radical (unpaired) electrons. The first-order chi connectivity index (χ1) is 9.20. The third-order valence-electron chi connectivity index (χ3n) is 3.33. The molecule has 1 N–H and O–H groups in total. The van der Waals surface area contributed by atoms with E-state index in [-0.39, 0.29) is 18.6 Å². The Morgan fingerprint density at radius 3 is 2.79 bits per heavy atom. The molecule has 1 unspecified atom stereocenters. The van der Waals surface area contributed by atoms with Crippen LogP contribution in [0.5, 0.6) is 0 Å². The normalized spacial score (nSPS) is 19.5. The molecule has 0 spiro atoms. The summed E-state index contributed by atoms with van der Waals surface area (Å²) in [5.41, 5.74) is 0. The van der Waals surface area contributed by atoms with E-state index in [1.807, 2.05) is 29.2 Å². The fourth-order valence-electron chi connectivity index (χ4n) is 2.28. The van der Waals surface area contributed by atoms with E-state index in [4.69, 9.17) is 11.6 Å². The molecule has 1 aliphatic rings. The molecule has 104 valence electrons. The third kappa shape index (κ3) is 4.13. The summed E-state index contributed by atoms with van der Waals surface area (Å²) < 4.78 is 0. The highest BCUT2D eigenvalue weighted by molar-refractivity contribution is 8.00. The lowest BCUT2D eigenvalue weighted by atomic mass is 10.0. The molecule has 3 nitrogen and oxygen atoms in total. The second-order valence-electron chi connectivity index (χ2n) is 4.66. The van der Waals surface area contributed by atoms with Gasteiger partial charge in [-0.2, -0.15) is 0 Å². The van der Waals surface area contributed by atoms with Gasteiger partial charge in [-0.05, 0) is 43.5 Å². The predicted molar refractivity (Wildman–Crippen MR) is 78.6 cm³/mol. The predicted octanol–water partition coefficient (Wildman–Crippen LogP) is 2.81. The molecule has 0 bridgehead atoms. The minimum Gasteiger partial charge on any atom is -0.394 e. The number of thioether (sulfide) groups is 1. The van der Waals surface area contributed by atoms with Gasteiger partial charge < -0.3 is 10.0 Å². The van der Waals surface area contributed by atoms with Gasteiger partial charge in [0.2, 0.25) is 5.91 Å². The fourth-order valence-corrected chi connectivity index (χ4v) is 3.19. The number of aliphatic hydroxyl groups is 1. The summed E-state index contributed by atoms with van der Waals surface area (Å²) in [5.74, 6) is 0.525. The van der Waals surface area contributed by atoms with Gasteiger partial charge in [0, 0.05) is 16.5 Å². The maximum atomic E-state index is 12.2. The lowest BCUT2D eigenvalue weighted by Gasteiger charge is -2.34. The molecule has 2 rings (SSSR count). The number of halogens is 1. The van der Waals surface area contributed by atoms with Crippen molar-refractivity contribution in [3.8, 4) is 0 Å². The molecule has 1 aromatic rings. The van der Waals surface area contributed by atoms with Crippen LogP contribution >= 0.6 is 23.4 Å². The Morgan fingerprint density at radius 2 is 2.11 bits per heavy atom. The van der Waals surface area contributed by atoms with Crippen molar-refractivity contribution in [1.82, 2.24) is 4.90 Å². The summed E-state index contributed by atoms with van der Waals surface area (Å²) in [6.45, 7) is 0.836. The molecule has 1 amide bonds. The van der Waals surface area contributed by atoms with E-state index in [1.54, 1.807) is 0 Å². The van der Waals surface area contributed by atoms with Crippen molar-refractivity contribution < 1.29 is 9.90 Å². The smallest absolute Gasteiger partial charge is 0.233 e. The lowest BCUT2D eigenvalue weighted by Crippen LogP contribution is -2.46. The van der Waals surface area contributed by atoms with E-state index in [1.165, 1.54) is 11.8 Å². The van der Waals surface area contributed by atoms with Gasteiger partial charge in [0.15, 0.2) is 0 Å². The van der Waals surface area contributed by atoms with Crippen molar-refractivity contribution in [1.29, 1.82) is 0 Å². The van der Waals surface area contributed by atoms with Crippen LogP contribution in [0.3, 0.4) is 0 Å². The quantitative estimate of drug-likeness (QED) is 0.869. The van der Waals surface area contributed by atoms with Gasteiger partial charge >= 0.3 is 0 Å². The highest BCUT2D eigenvalue weighted by Gasteiger charge is 2.25. The molecular weight excluding hydrogens is 282 g/mol. The fraction of sp³-hybridized carbons (Fsp3) is 0.500. The van der Waals surface area contributed by atoms with Gasteiger partial charge in [0.25, 0.3) is 0 Å². The van der Waals surface area contributed by atoms with Crippen molar-refractivity contribution in [3.63, 3.8) is 0 Å². The monoisotopic (exact) mass is 299 g/mol. The van der Waals surface area contributed by atoms with Crippen molar-refractivity contribution in [2.75, 3.05) is 18.9 Å². The molecule has 19 heavy (non-hydrogen) atoms. The van der Waals surface area contributed by atoms with E-state index in [0.29, 0.717) is 10.8 Å². The van der Waals surface area contributed by atoms with E-state index in [0.717, 1.165) is 30.7 Å². The first-order valence-electron chi connectivity index (χ1n) is 6.49. The Morgan fingerprint density at radius 1 is 1.37 bits per heavy atom. The Balaban J connectivity index is 1.87. The molecule has 0 aromatic heterocycles. The topological polar surface area (TPSA) is 40.5 Å². The zero-order valence-electron chi connectivity index (χ0n) is 10.7. The SMILES string of the molecule is O=C(CSc1ccc(Cl)cc1)N1CCCCC1CO. The van der Waals surface area contributed by atoms with Crippen LogP contribution in [-0.4, -0.2) is 40.9 Å². The Hall–Kier alpha value is -0.710. The van der Waals surface area contributed by atoms with Crippen LogP contribution in [0, 0.1) is 0 Å². The molecule has 1 saturated heterocycles. The molecular formula is C14H18ClNO2S. The number of piperidine rings is 1. The number of rotatable bonds is 4. The standard InChI is InChI=1S/C14H18ClNO2S/c15-11-4-6-13(7-5-11)19-10-14(18)16-8-2-1-3-12(16)9-17/h4-7,12,17H,1-3,8-10H2. The van der Waals surface area contributed by atoms with Crippen LogP contribution in [0.4, 0.5) is 0 Å². The summed E-state index contributed by atoms with van der Waals surface area (Å²) in [6, 6.07) is 7.49.